The van der Waals surface area contributed by atoms with Crippen LogP contribution in [0.15, 0.2) is 23.7 Å². The lowest BCUT2D eigenvalue weighted by atomic mass is 10.3. The number of hydrogen-bond acceptors (Lipinski definition) is 5. The Morgan fingerprint density at radius 3 is 3.06 bits per heavy atom. The number of carbonyl (C=O) groups excluding carboxylic acids is 1. The van der Waals surface area contributed by atoms with Crippen molar-refractivity contribution in [2.45, 2.75) is 6.42 Å². The number of hydrogen-bond donors (Lipinski definition) is 2. The molecule has 0 radical (unpaired) electrons. The molecule has 18 heavy (non-hydrogen) atoms. The van der Waals surface area contributed by atoms with Gasteiger partial charge in [-0.3, -0.25) is 4.79 Å². The molecule has 0 fully saturated rings. The summed E-state index contributed by atoms with van der Waals surface area (Å²) in [7, 11) is 0. The van der Waals surface area contributed by atoms with Gasteiger partial charge < -0.3 is 11.1 Å². The predicted molar refractivity (Wildman–Crippen MR) is 71.8 cm³/mol. The highest BCUT2D eigenvalue weighted by Crippen LogP contribution is 2.14. The number of aromatic nitrogens is 2. The fourth-order valence-corrected chi connectivity index (χ4v) is 2.17. The lowest BCUT2D eigenvalue weighted by molar-refractivity contribution is 0.0949. The quantitative estimate of drug-likeness (QED) is 0.895. The number of nitrogen functional groups attached to an aromatic ring is 1. The van der Waals surface area contributed by atoms with Gasteiger partial charge in [-0.1, -0.05) is 11.6 Å². The van der Waals surface area contributed by atoms with E-state index in [1.54, 1.807) is 29.7 Å². The molecule has 5 nitrogen and oxygen atoms in total. The smallest absolute Gasteiger partial charge is 0.271 e. The van der Waals surface area contributed by atoms with E-state index in [0.29, 0.717) is 13.0 Å². The Morgan fingerprint density at radius 2 is 2.33 bits per heavy atom. The lowest BCUT2D eigenvalue weighted by Gasteiger charge is -2.05. The zero-order chi connectivity index (χ0) is 13.0. The first-order valence-corrected chi connectivity index (χ1v) is 6.51. The molecule has 2 heterocycles. The van der Waals surface area contributed by atoms with Crippen molar-refractivity contribution in [3.05, 3.63) is 39.4 Å². The number of nitrogens with two attached hydrogens (primary N) is 1. The summed E-state index contributed by atoms with van der Waals surface area (Å²) in [6.07, 6.45) is 2.42. The van der Waals surface area contributed by atoms with Gasteiger partial charge in [0, 0.05) is 24.5 Å². The second-order valence-corrected chi connectivity index (χ2v) is 4.88. The van der Waals surface area contributed by atoms with Crippen LogP contribution in [-0.4, -0.2) is 22.4 Å². The summed E-state index contributed by atoms with van der Waals surface area (Å²) in [4.78, 5) is 19.8. The fraction of sp³-hybridized carbons (Fsp3) is 0.182. The Balaban J connectivity index is 1.93. The molecule has 2 rings (SSSR count). The van der Waals surface area contributed by atoms with E-state index < -0.39 is 0 Å². The van der Waals surface area contributed by atoms with Gasteiger partial charge in [0.15, 0.2) is 0 Å². The number of nitrogens with zero attached hydrogens (tertiary/aromatic N) is 2. The van der Waals surface area contributed by atoms with Crippen molar-refractivity contribution in [1.82, 2.24) is 15.3 Å². The summed E-state index contributed by atoms with van der Waals surface area (Å²) in [6, 6.07) is 3.11. The molecule has 0 atom stereocenters. The van der Waals surface area contributed by atoms with Gasteiger partial charge in [0.25, 0.3) is 5.91 Å². The van der Waals surface area contributed by atoms with Gasteiger partial charge in [0.2, 0.25) is 0 Å². The Bertz CT molecular complexity index is 544. The fourth-order valence-electron chi connectivity index (χ4n) is 1.36. The number of thiazole rings is 1. The molecule has 0 aromatic carbocycles. The van der Waals surface area contributed by atoms with Crippen LogP contribution in [0.25, 0.3) is 0 Å². The average molecular weight is 283 g/mol. The molecular weight excluding hydrogens is 272 g/mol. The molecule has 2 aromatic rings. The Labute approximate surface area is 113 Å². The highest BCUT2D eigenvalue weighted by Gasteiger charge is 2.12. The first kappa shape index (κ1) is 12.8. The minimum Gasteiger partial charge on any atom is -0.384 e. The molecule has 0 aliphatic rings. The summed E-state index contributed by atoms with van der Waals surface area (Å²) in [6.45, 7) is 0.485. The molecule has 7 heteroatoms. The second kappa shape index (κ2) is 5.79. The predicted octanol–water partition coefficient (Wildman–Crippen LogP) is 1.75. The van der Waals surface area contributed by atoms with E-state index in [0.717, 1.165) is 5.01 Å². The van der Waals surface area contributed by atoms with Crippen molar-refractivity contribution >= 4 is 34.7 Å². The zero-order valence-electron chi connectivity index (χ0n) is 9.39. The molecule has 0 aliphatic heterocycles. The maximum atomic E-state index is 11.8. The van der Waals surface area contributed by atoms with E-state index in [1.807, 2.05) is 5.38 Å². The van der Waals surface area contributed by atoms with Gasteiger partial charge in [-0.15, -0.1) is 11.3 Å². The number of rotatable bonds is 4. The maximum Gasteiger partial charge on any atom is 0.271 e. The van der Waals surface area contributed by atoms with Crippen molar-refractivity contribution in [3.8, 4) is 0 Å². The number of pyridine rings is 1. The average Bonchev–Trinajstić information content (AvgIpc) is 2.85. The highest BCUT2D eigenvalue weighted by atomic mass is 35.5. The highest BCUT2D eigenvalue weighted by molar-refractivity contribution is 7.09. The monoisotopic (exact) mass is 282 g/mol. The molecule has 1 amide bonds. The number of halogens is 1. The summed E-state index contributed by atoms with van der Waals surface area (Å²) in [5, 5.41) is 5.89. The molecule has 94 valence electrons. The van der Waals surface area contributed by atoms with Crippen LogP contribution in [0, 0.1) is 0 Å². The third kappa shape index (κ3) is 3.18. The van der Waals surface area contributed by atoms with Crippen molar-refractivity contribution in [3.63, 3.8) is 0 Å². The lowest BCUT2D eigenvalue weighted by Crippen LogP contribution is -2.27. The van der Waals surface area contributed by atoms with Crippen LogP contribution >= 0.6 is 22.9 Å². The van der Waals surface area contributed by atoms with Crippen LogP contribution < -0.4 is 11.1 Å². The molecular formula is C11H11ClN4OS. The molecule has 0 saturated carbocycles. The summed E-state index contributed by atoms with van der Waals surface area (Å²) >= 11 is 7.43. The second-order valence-electron chi connectivity index (χ2n) is 3.50. The number of carbonyl (C=O) groups is 1. The maximum absolute atomic E-state index is 11.8. The van der Waals surface area contributed by atoms with Crippen LogP contribution in [0.3, 0.4) is 0 Å². The molecule has 3 N–H and O–H groups in total. The number of nitrogens with one attached hydrogen (secondary N) is 1. The van der Waals surface area contributed by atoms with Crippen LogP contribution in [-0.2, 0) is 6.42 Å². The largest absolute Gasteiger partial charge is 0.384 e. The first-order valence-electron chi connectivity index (χ1n) is 5.25. The third-order valence-corrected chi connectivity index (χ3v) is 3.33. The van der Waals surface area contributed by atoms with Crippen LogP contribution in [0.5, 0.6) is 0 Å². The van der Waals surface area contributed by atoms with Crippen molar-refractivity contribution in [1.29, 1.82) is 0 Å². The van der Waals surface area contributed by atoms with Crippen LogP contribution in [0.2, 0.25) is 5.02 Å². The van der Waals surface area contributed by atoms with Gasteiger partial charge >= 0.3 is 0 Å². The Kier molecular flexibility index (Phi) is 4.11. The van der Waals surface area contributed by atoms with Gasteiger partial charge in [-0.2, -0.15) is 0 Å². The van der Waals surface area contributed by atoms with Gasteiger partial charge in [-0.25, -0.2) is 9.97 Å². The third-order valence-electron chi connectivity index (χ3n) is 2.19. The standard InChI is InChI=1S/C11H11ClN4OS/c12-7-1-2-8(13)16-10(7)11(17)15-4-3-9-14-5-6-18-9/h1-2,5-6H,3-4H2,(H2,13,16)(H,15,17). The van der Waals surface area contributed by atoms with Crippen molar-refractivity contribution in [2.24, 2.45) is 0 Å². The molecule has 0 aliphatic carbocycles. The van der Waals surface area contributed by atoms with Crippen molar-refractivity contribution < 1.29 is 4.79 Å². The molecule has 0 unspecified atom stereocenters. The van der Waals surface area contributed by atoms with Gasteiger partial charge in [0.05, 0.1) is 10.0 Å². The molecule has 0 bridgehead atoms. The Morgan fingerprint density at radius 1 is 1.50 bits per heavy atom. The van der Waals surface area contributed by atoms with E-state index in [9.17, 15) is 4.79 Å². The topological polar surface area (TPSA) is 80.9 Å². The zero-order valence-corrected chi connectivity index (χ0v) is 11.0. The van der Waals surface area contributed by atoms with E-state index in [-0.39, 0.29) is 22.4 Å². The minimum absolute atomic E-state index is 0.149. The van der Waals surface area contributed by atoms with Crippen molar-refractivity contribution in [2.75, 3.05) is 12.3 Å². The van der Waals surface area contributed by atoms with Gasteiger partial charge in [-0.05, 0) is 12.1 Å². The molecule has 2 aromatic heterocycles. The van der Waals surface area contributed by atoms with Gasteiger partial charge in [0.1, 0.15) is 11.5 Å². The number of anilines is 1. The Hall–Kier alpha value is -1.66. The summed E-state index contributed by atoms with van der Waals surface area (Å²) < 4.78 is 0. The molecule has 0 saturated heterocycles. The van der Waals surface area contributed by atoms with E-state index >= 15 is 0 Å². The number of amides is 1. The first-order chi connectivity index (χ1) is 8.66. The van der Waals surface area contributed by atoms with Crippen LogP contribution in [0.4, 0.5) is 5.82 Å². The summed E-state index contributed by atoms with van der Waals surface area (Å²) in [5.41, 5.74) is 5.66. The van der Waals surface area contributed by atoms with Crippen LogP contribution in [0.1, 0.15) is 15.5 Å². The van der Waals surface area contributed by atoms with E-state index in [2.05, 4.69) is 15.3 Å². The minimum atomic E-state index is -0.330. The normalized spacial score (nSPS) is 10.3. The molecule has 0 spiro atoms. The SMILES string of the molecule is Nc1ccc(Cl)c(C(=O)NCCc2nccs2)n1. The van der Waals surface area contributed by atoms with E-state index in [4.69, 9.17) is 17.3 Å². The summed E-state index contributed by atoms with van der Waals surface area (Å²) in [5.74, 6) is -0.0617. The van der Waals surface area contributed by atoms with E-state index in [1.165, 1.54) is 0 Å².